The van der Waals surface area contributed by atoms with Gasteiger partial charge in [-0.3, -0.25) is 0 Å². The van der Waals surface area contributed by atoms with Crippen LogP contribution in [-0.2, 0) is 0 Å². The molecule has 0 aromatic carbocycles. The van der Waals surface area contributed by atoms with Crippen LogP contribution in [0.4, 0.5) is 0 Å². The van der Waals surface area contributed by atoms with Gasteiger partial charge >= 0.3 is 0 Å². The van der Waals surface area contributed by atoms with Crippen LogP contribution in [0.25, 0.3) is 0 Å². The summed E-state index contributed by atoms with van der Waals surface area (Å²) in [7, 11) is 0. The first-order chi connectivity index (χ1) is 3.68. The van der Waals surface area contributed by atoms with Gasteiger partial charge in [0.2, 0.25) is 0 Å². The molecule has 0 rings (SSSR count). The minimum Gasteiger partial charge on any atom is -0.511 e. The summed E-state index contributed by atoms with van der Waals surface area (Å²) in [5, 5.41) is 8.58. The number of aliphatic hydroxyl groups is 1. The number of hydrogen-bond acceptors (Lipinski definition) is 2. The van der Waals surface area contributed by atoms with Crippen molar-refractivity contribution in [1.82, 2.24) is 0 Å². The van der Waals surface area contributed by atoms with Crippen LogP contribution in [0, 0.1) is 0 Å². The van der Waals surface area contributed by atoms with E-state index < -0.39 is 0 Å². The molecule has 0 aromatic heterocycles. The van der Waals surface area contributed by atoms with Gasteiger partial charge in [-0.05, 0) is 6.42 Å². The third-order valence-corrected chi connectivity index (χ3v) is 0.849. The van der Waals surface area contributed by atoms with Crippen LogP contribution in [-0.4, -0.2) is 11.1 Å². The second kappa shape index (κ2) is 3.27. The van der Waals surface area contributed by atoms with E-state index >= 15 is 0 Å². The van der Waals surface area contributed by atoms with E-state index in [4.69, 9.17) is 10.8 Å². The first kappa shape index (κ1) is 7.24. The summed E-state index contributed by atoms with van der Waals surface area (Å²) in [5.74, 6) is 0.0184. The van der Waals surface area contributed by atoms with Crippen molar-refractivity contribution < 1.29 is 5.11 Å². The highest BCUT2D eigenvalue weighted by Crippen LogP contribution is 1.95. The summed E-state index contributed by atoms with van der Waals surface area (Å²) in [5.41, 5.74) is 5.31. The molecule has 0 saturated heterocycles. The van der Waals surface area contributed by atoms with E-state index in [1.807, 2.05) is 0 Å². The maximum Gasteiger partial charge on any atom is 0.102 e. The Morgan fingerprint density at radius 2 is 2.38 bits per heavy atom. The third-order valence-electron chi connectivity index (χ3n) is 0.849. The smallest absolute Gasteiger partial charge is 0.102 e. The van der Waals surface area contributed by atoms with Crippen molar-refractivity contribution in [3.8, 4) is 0 Å². The summed E-state index contributed by atoms with van der Waals surface area (Å²) in [4.78, 5) is 0. The highest BCUT2D eigenvalue weighted by molar-refractivity contribution is 4.95. The van der Waals surface area contributed by atoms with E-state index in [1.165, 1.54) is 0 Å². The zero-order valence-corrected chi connectivity index (χ0v) is 4.80. The lowest BCUT2D eigenvalue weighted by Crippen LogP contribution is -2.20. The van der Waals surface area contributed by atoms with Crippen molar-refractivity contribution in [2.45, 2.75) is 12.5 Å². The van der Waals surface area contributed by atoms with E-state index in [9.17, 15) is 0 Å². The maximum atomic E-state index is 8.58. The standard InChI is InChI=1S/C6H11NO/c1-3-4-6(7)5(2)8/h3,6,8H,1-2,4,7H2. The number of aliphatic hydroxyl groups excluding tert-OH is 1. The van der Waals surface area contributed by atoms with Crippen LogP contribution in [0.1, 0.15) is 6.42 Å². The Labute approximate surface area is 49.3 Å². The Hall–Kier alpha value is -0.760. The molecule has 0 aliphatic rings. The van der Waals surface area contributed by atoms with Crippen molar-refractivity contribution >= 4 is 0 Å². The fourth-order valence-corrected chi connectivity index (χ4v) is 0.316. The Morgan fingerprint density at radius 1 is 1.88 bits per heavy atom. The molecule has 0 radical (unpaired) electrons. The van der Waals surface area contributed by atoms with Crippen molar-refractivity contribution in [1.29, 1.82) is 0 Å². The lowest BCUT2D eigenvalue weighted by molar-refractivity contribution is 0.370. The molecule has 46 valence electrons. The van der Waals surface area contributed by atoms with Crippen molar-refractivity contribution in [3.63, 3.8) is 0 Å². The van der Waals surface area contributed by atoms with E-state index in [2.05, 4.69) is 13.2 Å². The lowest BCUT2D eigenvalue weighted by atomic mass is 10.2. The predicted octanol–water partition coefficient (Wildman–Crippen LogP) is 0.962. The topological polar surface area (TPSA) is 46.2 Å². The van der Waals surface area contributed by atoms with Gasteiger partial charge in [0.1, 0.15) is 5.76 Å². The maximum absolute atomic E-state index is 8.58. The molecule has 0 heterocycles. The highest BCUT2D eigenvalue weighted by atomic mass is 16.3. The van der Waals surface area contributed by atoms with Gasteiger partial charge in [-0.2, -0.15) is 0 Å². The Balaban J connectivity index is 3.46. The summed E-state index contributed by atoms with van der Waals surface area (Å²) in [6.45, 7) is 6.71. The predicted molar refractivity (Wildman–Crippen MR) is 34.6 cm³/mol. The molecule has 3 N–H and O–H groups in total. The number of nitrogens with two attached hydrogens (primary N) is 1. The van der Waals surface area contributed by atoms with Crippen LogP contribution in [0.3, 0.4) is 0 Å². The van der Waals surface area contributed by atoms with Crippen molar-refractivity contribution in [2.24, 2.45) is 5.73 Å². The quantitative estimate of drug-likeness (QED) is 0.423. The Kier molecular flexibility index (Phi) is 2.96. The Morgan fingerprint density at radius 3 is 2.50 bits per heavy atom. The number of rotatable bonds is 3. The van der Waals surface area contributed by atoms with Crippen LogP contribution in [0.15, 0.2) is 25.0 Å². The summed E-state index contributed by atoms with van der Waals surface area (Å²) in [6, 6.07) is -0.340. The summed E-state index contributed by atoms with van der Waals surface area (Å²) < 4.78 is 0. The first-order valence-electron chi connectivity index (χ1n) is 2.42. The summed E-state index contributed by atoms with van der Waals surface area (Å²) in [6.07, 6.45) is 2.22. The van der Waals surface area contributed by atoms with Crippen LogP contribution in [0.2, 0.25) is 0 Å². The largest absolute Gasteiger partial charge is 0.511 e. The zero-order valence-electron chi connectivity index (χ0n) is 4.80. The summed E-state index contributed by atoms with van der Waals surface area (Å²) >= 11 is 0. The molecule has 1 atom stereocenters. The molecule has 0 aromatic rings. The van der Waals surface area contributed by atoms with Gasteiger partial charge in [-0.25, -0.2) is 0 Å². The van der Waals surface area contributed by atoms with Gasteiger partial charge in [0, 0.05) is 0 Å². The molecule has 0 fully saturated rings. The average molecular weight is 113 g/mol. The van der Waals surface area contributed by atoms with E-state index in [-0.39, 0.29) is 11.8 Å². The molecule has 0 spiro atoms. The molecule has 2 heteroatoms. The second-order valence-corrected chi connectivity index (χ2v) is 1.62. The zero-order chi connectivity index (χ0) is 6.57. The SMILES string of the molecule is C=CCC(N)C(=C)O. The van der Waals surface area contributed by atoms with Gasteiger partial charge in [-0.1, -0.05) is 12.7 Å². The average Bonchev–Trinajstić information content (AvgIpc) is 1.67. The van der Waals surface area contributed by atoms with Crippen LogP contribution in [0.5, 0.6) is 0 Å². The molecular formula is C6H11NO. The van der Waals surface area contributed by atoms with Gasteiger partial charge in [-0.15, -0.1) is 6.58 Å². The molecule has 0 saturated carbocycles. The molecule has 1 unspecified atom stereocenters. The molecule has 2 nitrogen and oxygen atoms in total. The van der Waals surface area contributed by atoms with Gasteiger partial charge < -0.3 is 10.8 Å². The minimum atomic E-state index is -0.340. The number of hydrogen-bond donors (Lipinski definition) is 2. The fraction of sp³-hybridized carbons (Fsp3) is 0.333. The van der Waals surface area contributed by atoms with Crippen molar-refractivity contribution in [2.75, 3.05) is 0 Å². The lowest BCUT2D eigenvalue weighted by Gasteiger charge is -2.03. The molecular weight excluding hydrogens is 102 g/mol. The van der Waals surface area contributed by atoms with E-state index in [1.54, 1.807) is 6.08 Å². The fourth-order valence-electron chi connectivity index (χ4n) is 0.316. The Bertz CT molecular complexity index is 98.7. The van der Waals surface area contributed by atoms with Crippen molar-refractivity contribution in [3.05, 3.63) is 25.0 Å². The van der Waals surface area contributed by atoms with Crippen LogP contribution >= 0.6 is 0 Å². The van der Waals surface area contributed by atoms with Gasteiger partial charge in [0.15, 0.2) is 0 Å². The first-order valence-corrected chi connectivity index (χ1v) is 2.42. The van der Waals surface area contributed by atoms with E-state index in [0.717, 1.165) is 0 Å². The molecule has 0 aliphatic heterocycles. The monoisotopic (exact) mass is 113 g/mol. The van der Waals surface area contributed by atoms with Crippen LogP contribution < -0.4 is 5.73 Å². The van der Waals surface area contributed by atoms with E-state index in [0.29, 0.717) is 6.42 Å². The second-order valence-electron chi connectivity index (χ2n) is 1.62. The molecule has 0 amide bonds. The molecule has 0 aliphatic carbocycles. The van der Waals surface area contributed by atoms with Gasteiger partial charge in [0.05, 0.1) is 6.04 Å². The molecule has 8 heavy (non-hydrogen) atoms. The normalized spacial score (nSPS) is 12.6. The van der Waals surface area contributed by atoms with Gasteiger partial charge in [0.25, 0.3) is 0 Å². The molecule has 0 bridgehead atoms. The third kappa shape index (κ3) is 2.42. The minimum absolute atomic E-state index is 0.0184. The highest BCUT2D eigenvalue weighted by Gasteiger charge is 1.99.